The van der Waals surface area contributed by atoms with E-state index in [0.29, 0.717) is 23.7 Å². The molecular weight excluding hydrogens is 326 g/mol. The van der Waals surface area contributed by atoms with Crippen LogP contribution in [0.25, 0.3) is 0 Å². The van der Waals surface area contributed by atoms with E-state index in [4.69, 9.17) is 9.47 Å². The zero-order valence-corrected chi connectivity index (χ0v) is 13.5. The van der Waals surface area contributed by atoms with E-state index in [-0.39, 0.29) is 12.3 Å². The largest absolute Gasteiger partial charge is 0.490 e. The lowest BCUT2D eigenvalue weighted by Gasteiger charge is -2.10. The maximum atomic E-state index is 11.8. The second kappa shape index (κ2) is 9.02. The molecule has 1 N–H and O–H groups in total. The second-order valence-corrected chi connectivity index (χ2v) is 4.81. The molecule has 0 aliphatic rings. The summed E-state index contributed by atoms with van der Waals surface area (Å²) in [5.74, 6) is 0.549. The highest BCUT2D eigenvalue weighted by atomic mass is 16.6. The molecule has 8 heteroatoms. The standard InChI is InChI=1S/C17H17N3O5/c1-2-24-15-8-3-4-9-16(15)25-12-17(21)19-18-11-13-6-5-7-14(10-13)20(22)23/h3-11H,2,12H2,1H3,(H,19,21)/b18-11-. The number of non-ortho nitro benzene ring substituents is 1. The molecule has 0 saturated carbocycles. The molecule has 2 aromatic rings. The average molecular weight is 343 g/mol. The van der Waals surface area contributed by atoms with Gasteiger partial charge in [-0.2, -0.15) is 5.10 Å². The molecule has 0 heterocycles. The van der Waals surface area contributed by atoms with E-state index in [0.717, 1.165) is 0 Å². The highest BCUT2D eigenvalue weighted by Gasteiger charge is 2.07. The zero-order valence-electron chi connectivity index (χ0n) is 13.5. The first kappa shape index (κ1) is 17.9. The van der Waals surface area contributed by atoms with E-state index < -0.39 is 10.8 Å². The van der Waals surface area contributed by atoms with Gasteiger partial charge < -0.3 is 9.47 Å². The second-order valence-electron chi connectivity index (χ2n) is 4.81. The first-order chi connectivity index (χ1) is 12.1. The van der Waals surface area contributed by atoms with Gasteiger partial charge in [0, 0.05) is 17.7 Å². The molecule has 130 valence electrons. The van der Waals surface area contributed by atoms with Crippen LogP contribution in [0.3, 0.4) is 0 Å². The van der Waals surface area contributed by atoms with Crippen LogP contribution in [0.15, 0.2) is 53.6 Å². The molecule has 0 fully saturated rings. The highest BCUT2D eigenvalue weighted by Crippen LogP contribution is 2.26. The van der Waals surface area contributed by atoms with Crippen LogP contribution < -0.4 is 14.9 Å². The summed E-state index contributed by atoms with van der Waals surface area (Å²) >= 11 is 0. The predicted molar refractivity (Wildman–Crippen MR) is 91.9 cm³/mol. The number of hydrogen-bond acceptors (Lipinski definition) is 6. The molecule has 2 rings (SSSR count). The Morgan fingerprint density at radius 3 is 2.60 bits per heavy atom. The minimum Gasteiger partial charge on any atom is -0.490 e. The van der Waals surface area contributed by atoms with Crippen molar-refractivity contribution in [2.24, 2.45) is 5.10 Å². The number of rotatable bonds is 8. The van der Waals surface area contributed by atoms with Gasteiger partial charge in [-0.3, -0.25) is 14.9 Å². The van der Waals surface area contributed by atoms with Gasteiger partial charge >= 0.3 is 0 Å². The molecule has 0 saturated heterocycles. The Labute approximate surface area is 144 Å². The summed E-state index contributed by atoms with van der Waals surface area (Å²) in [6, 6.07) is 12.9. The maximum absolute atomic E-state index is 11.8. The van der Waals surface area contributed by atoms with Crippen molar-refractivity contribution in [3.63, 3.8) is 0 Å². The van der Waals surface area contributed by atoms with Crippen LogP contribution >= 0.6 is 0 Å². The number of amides is 1. The Hall–Kier alpha value is -3.42. The SMILES string of the molecule is CCOc1ccccc1OCC(=O)N/N=C\c1cccc([N+](=O)[O-])c1. The highest BCUT2D eigenvalue weighted by molar-refractivity contribution is 5.83. The van der Waals surface area contributed by atoms with E-state index in [2.05, 4.69) is 10.5 Å². The fourth-order valence-corrected chi connectivity index (χ4v) is 1.92. The normalized spacial score (nSPS) is 10.4. The van der Waals surface area contributed by atoms with Gasteiger partial charge in [0.05, 0.1) is 17.7 Å². The molecule has 0 unspecified atom stereocenters. The van der Waals surface area contributed by atoms with Gasteiger partial charge in [0.25, 0.3) is 11.6 Å². The Morgan fingerprint density at radius 1 is 1.20 bits per heavy atom. The third kappa shape index (κ3) is 5.61. The summed E-state index contributed by atoms with van der Waals surface area (Å²) in [7, 11) is 0. The number of nitrogens with zero attached hydrogens (tertiary/aromatic N) is 2. The number of benzene rings is 2. The predicted octanol–water partition coefficient (Wildman–Crippen LogP) is 2.52. The molecule has 1 amide bonds. The molecule has 0 aliphatic heterocycles. The summed E-state index contributed by atoms with van der Waals surface area (Å²) in [6.45, 7) is 2.10. The number of para-hydroxylation sites is 2. The van der Waals surface area contributed by atoms with Gasteiger partial charge in [-0.05, 0) is 19.1 Å². The summed E-state index contributed by atoms with van der Waals surface area (Å²) in [5, 5.41) is 14.4. The van der Waals surface area contributed by atoms with Gasteiger partial charge in [-0.25, -0.2) is 5.43 Å². The molecular formula is C17H17N3O5. The van der Waals surface area contributed by atoms with Crippen molar-refractivity contribution in [1.82, 2.24) is 5.43 Å². The number of nitro groups is 1. The molecule has 25 heavy (non-hydrogen) atoms. The lowest BCUT2D eigenvalue weighted by atomic mass is 10.2. The van der Waals surface area contributed by atoms with Crippen molar-refractivity contribution < 1.29 is 19.2 Å². The third-order valence-corrected chi connectivity index (χ3v) is 2.99. The molecule has 8 nitrogen and oxygen atoms in total. The molecule has 0 aromatic heterocycles. The first-order valence-electron chi connectivity index (χ1n) is 7.51. The van der Waals surface area contributed by atoms with Gasteiger partial charge in [-0.1, -0.05) is 24.3 Å². The van der Waals surface area contributed by atoms with Gasteiger partial charge in [0.1, 0.15) is 0 Å². The minimum absolute atomic E-state index is 0.0499. The molecule has 0 bridgehead atoms. The first-order valence-corrected chi connectivity index (χ1v) is 7.51. The maximum Gasteiger partial charge on any atom is 0.277 e. The van der Waals surface area contributed by atoms with Crippen molar-refractivity contribution in [2.75, 3.05) is 13.2 Å². The van der Waals surface area contributed by atoms with Crippen LogP contribution in [0.1, 0.15) is 12.5 Å². The van der Waals surface area contributed by atoms with E-state index in [1.807, 2.05) is 6.92 Å². The Kier molecular flexibility index (Phi) is 6.47. The van der Waals surface area contributed by atoms with E-state index in [1.165, 1.54) is 24.4 Å². The lowest BCUT2D eigenvalue weighted by Crippen LogP contribution is -2.24. The van der Waals surface area contributed by atoms with E-state index in [1.54, 1.807) is 30.3 Å². The van der Waals surface area contributed by atoms with Crippen molar-refractivity contribution in [3.05, 3.63) is 64.2 Å². The average Bonchev–Trinajstić information content (AvgIpc) is 2.61. The number of hydrazone groups is 1. The van der Waals surface area contributed by atoms with Crippen molar-refractivity contribution >= 4 is 17.8 Å². The third-order valence-electron chi connectivity index (χ3n) is 2.99. The van der Waals surface area contributed by atoms with Crippen LogP contribution in [0.5, 0.6) is 11.5 Å². The fourth-order valence-electron chi connectivity index (χ4n) is 1.92. The minimum atomic E-state index is -0.500. The molecule has 2 aromatic carbocycles. The summed E-state index contributed by atoms with van der Waals surface area (Å²) in [4.78, 5) is 21.9. The number of ether oxygens (including phenoxy) is 2. The number of carbonyl (C=O) groups excluding carboxylic acids is 1. The van der Waals surface area contributed by atoms with E-state index in [9.17, 15) is 14.9 Å². The lowest BCUT2D eigenvalue weighted by molar-refractivity contribution is -0.384. The van der Waals surface area contributed by atoms with E-state index >= 15 is 0 Å². The number of nitrogens with one attached hydrogen (secondary N) is 1. The molecule has 0 spiro atoms. The number of nitro benzene ring substituents is 1. The monoisotopic (exact) mass is 343 g/mol. The van der Waals surface area contributed by atoms with Crippen molar-refractivity contribution in [1.29, 1.82) is 0 Å². The van der Waals surface area contributed by atoms with Crippen molar-refractivity contribution in [2.45, 2.75) is 6.92 Å². The summed E-state index contributed by atoms with van der Waals surface area (Å²) in [6.07, 6.45) is 1.32. The Bertz CT molecular complexity index is 776. The van der Waals surface area contributed by atoms with Crippen LogP contribution in [-0.4, -0.2) is 30.3 Å². The topological polar surface area (TPSA) is 103 Å². The smallest absolute Gasteiger partial charge is 0.277 e. The molecule has 0 atom stereocenters. The van der Waals surface area contributed by atoms with Gasteiger partial charge in [-0.15, -0.1) is 0 Å². The number of carbonyl (C=O) groups is 1. The molecule has 0 aliphatic carbocycles. The fraction of sp³-hybridized carbons (Fsp3) is 0.176. The van der Waals surface area contributed by atoms with Crippen LogP contribution in [-0.2, 0) is 4.79 Å². The van der Waals surface area contributed by atoms with Crippen LogP contribution in [0, 0.1) is 10.1 Å². The van der Waals surface area contributed by atoms with Crippen molar-refractivity contribution in [3.8, 4) is 11.5 Å². The Morgan fingerprint density at radius 2 is 1.92 bits per heavy atom. The van der Waals surface area contributed by atoms with Crippen LogP contribution in [0.4, 0.5) is 5.69 Å². The van der Waals surface area contributed by atoms with Gasteiger partial charge in [0.15, 0.2) is 18.1 Å². The summed E-state index contributed by atoms with van der Waals surface area (Å²) < 4.78 is 10.8. The summed E-state index contributed by atoms with van der Waals surface area (Å²) in [5.41, 5.74) is 2.74. The Balaban J connectivity index is 1.87. The molecule has 0 radical (unpaired) electrons. The zero-order chi connectivity index (χ0) is 18.1. The quantitative estimate of drug-likeness (QED) is 0.451. The van der Waals surface area contributed by atoms with Crippen LogP contribution in [0.2, 0.25) is 0 Å². The number of hydrogen-bond donors (Lipinski definition) is 1. The van der Waals surface area contributed by atoms with Gasteiger partial charge in [0.2, 0.25) is 0 Å².